The molecule has 0 saturated heterocycles. The van der Waals surface area contributed by atoms with E-state index in [1.807, 2.05) is 66.7 Å². The fourth-order valence-corrected chi connectivity index (χ4v) is 4.40. The molecule has 34 heavy (non-hydrogen) atoms. The van der Waals surface area contributed by atoms with Gasteiger partial charge in [0.2, 0.25) is 5.82 Å². The molecule has 0 aliphatic rings. The maximum atomic E-state index is 13.4. The molecule has 170 valence electrons. The Morgan fingerprint density at radius 3 is 2.41 bits per heavy atom. The first-order chi connectivity index (χ1) is 16.7. The van der Waals surface area contributed by atoms with Crippen molar-refractivity contribution in [1.82, 2.24) is 34.7 Å². The summed E-state index contributed by atoms with van der Waals surface area (Å²) in [5.41, 5.74) is 4.84. The van der Waals surface area contributed by atoms with Crippen LogP contribution < -0.4 is 5.69 Å². The molecule has 5 aromatic rings. The van der Waals surface area contributed by atoms with Gasteiger partial charge >= 0.3 is 5.69 Å². The predicted octanol–water partition coefficient (Wildman–Crippen LogP) is 4.54. The predicted molar refractivity (Wildman–Crippen MR) is 131 cm³/mol. The molecule has 0 aliphatic carbocycles. The summed E-state index contributed by atoms with van der Waals surface area (Å²) in [6.45, 7) is 2.45. The van der Waals surface area contributed by atoms with E-state index < -0.39 is 0 Å². The number of nitrogens with zero attached hydrogens (tertiary/aromatic N) is 6. The lowest BCUT2D eigenvalue weighted by atomic mass is 10.0. The first kappa shape index (κ1) is 21.8. The molecule has 0 bridgehead atoms. The highest BCUT2D eigenvalue weighted by atomic mass is 35.5. The van der Waals surface area contributed by atoms with Crippen molar-refractivity contribution < 1.29 is 0 Å². The summed E-state index contributed by atoms with van der Waals surface area (Å²) < 4.78 is 3.30. The van der Waals surface area contributed by atoms with Gasteiger partial charge in [-0.05, 0) is 35.4 Å². The van der Waals surface area contributed by atoms with Crippen LogP contribution in [0.1, 0.15) is 24.6 Å². The minimum atomic E-state index is -0.161. The van der Waals surface area contributed by atoms with Crippen LogP contribution >= 0.6 is 11.6 Å². The van der Waals surface area contributed by atoms with Gasteiger partial charge in [0.25, 0.3) is 0 Å². The number of rotatable bonds is 7. The fourth-order valence-electron chi connectivity index (χ4n) is 4.04. The van der Waals surface area contributed by atoms with Crippen LogP contribution in [-0.4, -0.2) is 34.7 Å². The lowest BCUT2D eigenvalue weighted by molar-refractivity contribution is 0.690. The van der Waals surface area contributed by atoms with E-state index in [1.165, 1.54) is 0 Å². The van der Waals surface area contributed by atoms with Gasteiger partial charge in [0.15, 0.2) is 0 Å². The molecule has 3 aromatic heterocycles. The van der Waals surface area contributed by atoms with Crippen LogP contribution in [0.5, 0.6) is 0 Å². The third-order valence-electron chi connectivity index (χ3n) is 5.64. The summed E-state index contributed by atoms with van der Waals surface area (Å²) in [6, 6.07) is 21.1. The molecule has 0 unspecified atom stereocenters. The number of pyridine rings is 1. The SMILES string of the molecule is CCCc1c(Cl)n(-c2ccccc2)c(=O)n1Cc1ccc(-c2ccccc2-c2nn[nH]n2)nc1. The maximum absolute atomic E-state index is 13.4. The molecule has 2 aromatic carbocycles. The van der Waals surface area contributed by atoms with E-state index in [2.05, 4.69) is 32.5 Å². The molecule has 0 fully saturated rings. The number of hydrogen-bond donors (Lipinski definition) is 1. The van der Waals surface area contributed by atoms with Crippen molar-refractivity contribution in [3.63, 3.8) is 0 Å². The molecule has 9 heteroatoms. The van der Waals surface area contributed by atoms with Gasteiger partial charge in [-0.2, -0.15) is 5.21 Å². The summed E-state index contributed by atoms with van der Waals surface area (Å²) in [5, 5.41) is 14.8. The van der Waals surface area contributed by atoms with Crippen LogP contribution in [0.3, 0.4) is 0 Å². The van der Waals surface area contributed by atoms with Crippen molar-refractivity contribution in [1.29, 1.82) is 0 Å². The summed E-state index contributed by atoms with van der Waals surface area (Å²) in [4.78, 5) is 18.0. The molecule has 0 aliphatic heterocycles. The normalized spacial score (nSPS) is 11.1. The molecular formula is C25H22ClN7O. The topological polar surface area (TPSA) is 94.3 Å². The smallest absolute Gasteiger partial charge is 0.290 e. The van der Waals surface area contributed by atoms with E-state index in [-0.39, 0.29) is 5.69 Å². The maximum Gasteiger partial charge on any atom is 0.334 e. The Labute approximate surface area is 200 Å². The van der Waals surface area contributed by atoms with E-state index in [1.54, 1.807) is 15.3 Å². The minimum Gasteiger partial charge on any atom is -0.290 e. The van der Waals surface area contributed by atoms with Gasteiger partial charge in [-0.3, -0.25) is 14.1 Å². The summed E-state index contributed by atoms with van der Waals surface area (Å²) >= 11 is 6.69. The average Bonchev–Trinajstić information content (AvgIpc) is 3.49. The number of H-pyrrole nitrogens is 1. The number of tetrazole rings is 1. The van der Waals surface area contributed by atoms with Crippen LogP contribution in [0.25, 0.3) is 28.3 Å². The van der Waals surface area contributed by atoms with Crippen LogP contribution in [0.4, 0.5) is 0 Å². The first-order valence-corrected chi connectivity index (χ1v) is 11.4. The zero-order valence-corrected chi connectivity index (χ0v) is 19.3. The number of aromatic nitrogens is 7. The second-order valence-electron chi connectivity index (χ2n) is 7.86. The third kappa shape index (κ3) is 4.04. The molecule has 0 saturated carbocycles. The van der Waals surface area contributed by atoms with Crippen molar-refractivity contribution in [2.24, 2.45) is 0 Å². The highest BCUT2D eigenvalue weighted by Crippen LogP contribution is 2.28. The molecule has 5 rings (SSSR count). The number of halogens is 1. The van der Waals surface area contributed by atoms with Crippen molar-refractivity contribution in [2.75, 3.05) is 0 Å². The Kier molecular flexibility index (Phi) is 6.05. The van der Waals surface area contributed by atoms with Crippen LogP contribution in [0.2, 0.25) is 5.15 Å². The first-order valence-electron chi connectivity index (χ1n) is 11.0. The Bertz CT molecular complexity index is 1460. The van der Waals surface area contributed by atoms with E-state index in [9.17, 15) is 4.79 Å². The van der Waals surface area contributed by atoms with Gasteiger partial charge in [-0.15, -0.1) is 10.2 Å². The quantitative estimate of drug-likeness (QED) is 0.376. The molecule has 3 heterocycles. The van der Waals surface area contributed by atoms with Gasteiger partial charge in [0.1, 0.15) is 5.15 Å². The van der Waals surface area contributed by atoms with E-state index >= 15 is 0 Å². The Balaban J connectivity index is 1.50. The van der Waals surface area contributed by atoms with E-state index in [0.717, 1.165) is 40.2 Å². The molecule has 8 nitrogen and oxygen atoms in total. The standard InChI is InChI=1S/C25H22ClN7O/c1-2-8-22-23(26)33(18-9-4-3-5-10-18)25(34)32(22)16-17-13-14-21(27-15-17)19-11-6-7-12-20(19)24-28-30-31-29-24/h3-7,9-15H,2,8,16H2,1H3,(H,28,29,30,31). The number of nitrogens with one attached hydrogen (secondary N) is 1. The van der Waals surface area contributed by atoms with Crippen molar-refractivity contribution in [3.8, 4) is 28.3 Å². The highest BCUT2D eigenvalue weighted by Gasteiger charge is 2.19. The van der Waals surface area contributed by atoms with Crippen molar-refractivity contribution >= 4 is 11.6 Å². The van der Waals surface area contributed by atoms with Gasteiger partial charge < -0.3 is 0 Å². The van der Waals surface area contributed by atoms with Crippen molar-refractivity contribution in [3.05, 3.63) is 99.8 Å². The number of aromatic amines is 1. The third-order valence-corrected chi connectivity index (χ3v) is 6.03. The monoisotopic (exact) mass is 471 g/mol. The second-order valence-corrected chi connectivity index (χ2v) is 8.22. The van der Waals surface area contributed by atoms with Crippen LogP contribution in [0.15, 0.2) is 77.7 Å². The van der Waals surface area contributed by atoms with Gasteiger partial charge in [0, 0.05) is 17.3 Å². The number of benzene rings is 2. The minimum absolute atomic E-state index is 0.161. The molecule has 0 amide bonds. The summed E-state index contributed by atoms with van der Waals surface area (Å²) in [5.74, 6) is 0.508. The lowest BCUT2D eigenvalue weighted by Gasteiger charge is -2.09. The van der Waals surface area contributed by atoms with Gasteiger partial charge in [-0.25, -0.2) is 4.79 Å². The zero-order chi connectivity index (χ0) is 23.5. The highest BCUT2D eigenvalue weighted by molar-refractivity contribution is 6.30. The fraction of sp³-hybridized carbons (Fsp3) is 0.160. The van der Waals surface area contributed by atoms with Crippen molar-refractivity contribution in [2.45, 2.75) is 26.3 Å². The molecule has 0 atom stereocenters. The van der Waals surface area contributed by atoms with Crippen LogP contribution in [0, 0.1) is 0 Å². The van der Waals surface area contributed by atoms with Gasteiger partial charge in [-0.1, -0.05) is 73.5 Å². The second kappa shape index (κ2) is 9.44. The molecule has 1 N–H and O–H groups in total. The Morgan fingerprint density at radius 2 is 1.74 bits per heavy atom. The largest absolute Gasteiger partial charge is 0.334 e. The van der Waals surface area contributed by atoms with Gasteiger partial charge in [0.05, 0.1) is 23.6 Å². The van der Waals surface area contributed by atoms with Crippen LogP contribution in [-0.2, 0) is 13.0 Å². The number of imidazole rings is 1. The zero-order valence-electron chi connectivity index (χ0n) is 18.5. The summed E-state index contributed by atoms with van der Waals surface area (Å²) in [6.07, 6.45) is 3.37. The Morgan fingerprint density at radius 1 is 0.971 bits per heavy atom. The molecular weight excluding hydrogens is 450 g/mol. The Hall–Kier alpha value is -4.04. The lowest BCUT2D eigenvalue weighted by Crippen LogP contribution is -2.24. The number of para-hydroxylation sites is 1. The summed E-state index contributed by atoms with van der Waals surface area (Å²) in [7, 11) is 0. The molecule has 0 spiro atoms. The number of hydrogen-bond acceptors (Lipinski definition) is 5. The average molecular weight is 472 g/mol. The van der Waals surface area contributed by atoms with E-state index in [0.29, 0.717) is 23.9 Å². The van der Waals surface area contributed by atoms with E-state index in [4.69, 9.17) is 11.6 Å². The molecule has 0 radical (unpaired) electrons.